The molecule has 0 saturated carbocycles. The first kappa shape index (κ1) is 11.4. The topological polar surface area (TPSA) is 35.8 Å². The molecule has 0 rings (SSSR count). The van der Waals surface area contributed by atoms with Crippen LogP contribution in [0.1, 0.15) is 40.5 Å². The van der Waals surface area contributed by atoms with Crippen LogP contribution in [0.3, 0.4) is 0 Å². The molecule has 2 nitrogen and oxygen atoms in total. The Hall–Kier alpha value is -0.550. The van der Waals surface area contributed by atoms with E-state index < -0.39 is 0 Å². The van der Waals surface area contributed by atoms with Gasteiger partial charge >= 0.3 is 0 Å². The molecule has 0 aromatic carbocycles. The van der Waals surface area contributed by atoms with Gasteiger partial charge in [0.2, 0.25) is 0 Å². The average molecular weight is 169 g/mol. The lowest BCUT2D eigenvalue weighted by Crippen LogP contribution is -2.42. The molecule has 0 aromatic rings. The second kappa shape index (κ2) is 6.02. The minimum Gasteiger partial charge on any atom is -0.296 e. The summed E-state index contributed by atoms with van der Waals surface area (Å²) in [5, 5.41) is 10.5. The molecule has 0 heterocycles. The number of hydrogen-bond acceptors (Lipinski definition) is 1. The van der Waals surface area contributed by atoms with Gasteiger partial charge in [0.05, 0.1) is 0 Å². The van der Waals surface area contributed by atoms with E-state index in [1.165, 1.54) is 0 Å². The van der Waals surface area contributed by atoms with Gasteiger partial charge in [0.15, 0.2) is 0 Å². The molecule has 0 fully saturated rings. The highest BCUT2D eigenvalue weighted by molar-refractivity contribution is 4.93. The van der Waals surface area contributed by atoms with Crippen LogP contribution < -0.4 is 10.6 Å². The minimum absolute atomic E-state index is 0.139. The van der Waals surface area contributed by atoms with Crippen molar-refractivity contribution >= 4 is 0 Å². The quantitative estimate of drug-likeness (QED) is 0.620. The monoisotopic (exact) mass is 169 g/mol. The van der Waals surface area contributed by atoms with Gasteiger partial charge in [-0.3, -0.25) is 5.32 Å². The van der Waals surface area contributed by atoms with Crippen LogP contribution in [-0.2, 0) is 0 Å². The summed E-state index contributed by atoms with van der Waals surface area (Å²) >= 11 is 0. The molecule has 0 spiro atoms. The van der Waals surface area contributed by atoms with Crippen molar-refractivity contribution in [2.75, 3.05) is 0 Å². The Balaban J connectivity index is 4.04. The van der Waals surface area contributed by atoms with Gasteiger partial charge in [-0.2, -0.15) is 0 Å². The highest BCUT2D eigenvalue weighted by Crippen LogP contribution is 2.12. The van der Waals surface area contributed by atoms with Gasteiger partial charge in [0, 0.05) is 6.04 Å². The molecule has 0 aromatic heterocycles. The smallest absolute Gasteiger partial charge is 0.289 e. The van der Waals surface area contributed by atoms with Crippen LogP contribution in [0.5, 0.6) is 0 Å². The highest BCUT2D eigenvalue weighted by Gasteiger charge is 2.20. The second-order valence-corrected chi connectivity index (χ2v) is 3.52. The van der Waals surface area contributed by atoms with Crippen LogP contribution in [0, 0.1) is 12.0 Å². The molecule has 0 unspecified atom stereocenters. The molecule has 0 aliphatic rings. The van der Waals surface area contributed by atoms with Crippen molar-refractivity contribution in [1.29, 1.82) is 0 Å². The van der Waals surface area contributed by atoms with E-state index in [1.807, 2.05) is 0 Å². The Bertz CT molecular complexity index is 142. The zero-order chi connectivity index (χ0) is 9.56. The first-order valence-electron chi connectivity index (χ1n) is 4.83. The first-order chi connectivity index (χ1) is 5.65. The SMILES string of the molecule is CCC(CC)[C@@H](C#[NH+])NC(C)C. The molecular weight excluding hydrogens is 148 g/mol. The molecule has 0 amide bonds. The first-order valence-corrected chi connectivity index (χ1v) is 4.83. The van der Waals surface area contributed by atoms with E-state index in [9.17, 15) is 0 Å². The van der Waals surface area contributed by atoms with E-state index in [0.717, 1.165) is 12.8 Å². The Morgan fingerprint density at radius 2 is 1.75 bits per heavy atom. The van der Waals surface area contributed by atoms with Crippen LogP contribution in [0.15, 0.2) is 0 Å². The molecule has 1 atom stereocenters. The average Bonchev–Trinajstić information content (AvgIpc) is 2.04. The lowest BCUT2D eigenvalue weighted by Gasteiger charge is -2.19. The van der Waals surface area contributed by atoms with Gasteiger partial charge < -0.3 is 0 Å². The Morgan fingerprint density at radius 1 is 1.25 bits per heavy atom. The molecule has 70 valence electrons. The maximum absolute atomic E-state index is 7.18. The van der Waals surface area contributed by atoms with Gasteiger partial charge in [-0.1, -0.05) is 32.0 Å². The van der Waals surface area contributed by atoms with E-state index in [1.54, 1.807) is 0 Å². The van der Waals surface area contributed by atoms with Crippen molar-refractivity contribution in [3.63, 3.8) is 0 Å². The zero-order valence-corrected chi connectivity index (χ0v) is 8.65. The fourth-order valence-corrected chi connectivity index (χ4v) is 1.41. The van der Waals surface area contributed by atoms with E-state index in [0.29, 0.717) is 12.0 Å². The Morgan fingerprint density at radius 3 is 2.00 bits per heavy atom. The maximum Gasteiger partial charge on any atom is 0.289 e. The lowest BCUT2D eigenvalue weighted by atomic mass is 9.95. The van der Waals surface area contributed by atoms with E-state index in [-0.39, 0.29) is 6.04 Å². The fraction of sp³-hybridized carbons (Fsp3) is 0.900. The Kier molecular flexibility index (Phi) is 5.74. The third kappa shape index (κ3) is 3.73. The van der Waals surface area contributed by atoms with Crippen molar-refractivity contribution in [2.24, 2.45) is 5.92 Å². The molecule has 2 heteroatoms. The summed E-state index contributed by atoms with van der Waals surface area (Å²) in [5.74, 6) is 0.560. The van der Waals surface area contributed by atoms with E-state index >= 15 is 0 Å². The summed E-state index contributed by atoms with van der Waals surface area (Å²) in [6.07, 6.45) is 2.24. The Labute approximate surface area is 76.0 Å². The molecule has 0 radical (unpaired) electrons. The van der Waals surface area contributed by atoms with Crippen molar-refractivity contribution in [3.8, 4) is 6.07 Å². The predicted octanol–water partition coefficient (Wildman–Crippen LogP) is 0.562. The standard InChI is InChI=1S/C10H20N2/c1-5-9(6-2)10(7-11)12-8(3)4/h8-10,12H,5-6H2,1-4H3/p+1/t10-/m1/s1. The van der Waals surface area contributed by atoms with Gasteiger partial charge in [0.25, 0.3) is 6.07 Å². The molecule has 0 aliphatic carbocycles. The molecule has 0 bridgehead atoms. The number of rotatable bonds is 5. The summed E-state index contributed by atoms with van der Waals surface area (Å²) < 4.78 is 0. The summed E-state index contributed by atoms with van der Waals surface area (Å²) in [6, 6.07) is 3.15. The second-order valence-electron chi connectivity index (χ2n) is 3.52. The third-order valence-corrected chi connectivity index (χ3v) is 2.19. The van der Waals surface area contributed by atoms with Crippen LogP contribution >= 0.6 is 0 Å². The molecular formula is C10H21N2+. The van der Waals surface area contributed by atoms with Crippen molar-refractivity contribution < 1.29 is 5.26 Å². The normalized spacial score (nSPS) is 13.4. The molecule has 0 saturated heterocycles. The summed E-state index contributed by atoms with van der Waals surface area (Å²) in [7, 11) is 0. The number of nitrogens with one attached hydrogen (secondary N) is 2. The van der Waals surface area contributed by atoms with Crippen LogP contribution in [0.25, 0.3) is 0 Å². The molecule has 12 heavy (non-hydrogen) atoms. The fourth-order valence-electron chi connectivity index (χ4n) is 1.41. The van der Waals surface area contributed by atoms with Crippen molar-refractivity contribution in [3.05, 3.63) is 0 Å². The largest absolute Gasteiger partial charge is 0.296 e. The number of hydrogen-bond donors (Lipinski definition) is 2. The van der Waals surface area contributed by atoms with Crippen LogP contribution in [-0.4, -0.2) is 12.1 Å². The van der Waals surface area contributed by atoms with E-state index in [4.69, 9.17) is 5.26 Å². The summed E-state index contributed by atoms with van der Waals surface area (Å²) in [6.45, 7) is 8.54. The summed E-state index contributed by atoms with van der Waals surface area (Å²) in [5.41, 5.74) is 0. The third-order valence-electron chi connectivity index (χ3n) is 2.19. The van der Waals surface area contributed by atoms with Gasteiger partial charge in [-0.25, -0.2) is 0 Å². The van der Waals surface area contributed by atoms with E-state index in [2.05, 4.69) is 39.1 Å². The van der Waals surface area contributed by atoms with Crippen LogP contribution in [0.4, 0.5) is 0 Å². The van der Waals surface area contributed by atoms with Crippen LogP contribution in [0.2, 0.25) is 0 Å². The van der Waals surface area contributed by atoms with Crippen molar-refractivity contribution in [2.45, 2.75) is 52.6 Å². The maximum atomic E-state index is 7.18. The predicted molar refractivity (Wildman–Crippen MR) is 51.0 cm³/mol. The zero-order valence-electron chi connectivity index (χ0n) is 8.65. The summed E-state index contributed by atoms with van der Waals surface area (Å²) in [4.78, 5) is 0. The van der Waals surface area contributed by atoms with Gasteiger partial charge in [-0.05, 0) is 19.8 Å². The minimum atomic E-state index is 0.139. The lowest BCUT2D eigenvalue weighted by molar-refractivity contribution is -0.0985. The van der Waals surface area contributed by atoms with Gasteiger partial charge in [-0.15, -0.1) is 0 Å². The highest BCUT2D eigenvalue weighted by atomic mass is 14.9. The van der Waals surface area contributed by atoms with Gasteiger partial charge in [0.1, 0.15) is 6.04 Å². The van der Waals surface area contributed by atoms with Crippen molar-refractivity contribution in [1.82, 2.24) is 5.32 Å². The molecule has 2 N–H and O–H groups in total. The molecule has 0 aliphatic heterocycles.